The van der Waals surface area contributed by atoms with Crippen LogP contribution < -0.4 is 10.6 Å². The third-order valence-electron chi connectivity index (χ3n) is 5.27. The van der Waals surface area contributed by atoms with E-state index in [4.69, 9.17) is 6.42 Å². The Hall–Kier alpha value is -3.79. The number of benzene rings is 1. The van der Waals surface area contributed by atoms with Crippen LogP contribution in [-0.4, -0.2) is 27.7 Å². The van der Waals surface area contributed by atoms with Crippen LogP contribution in [0.4, 0.5) is 15.0 Å². The number of pyridine rings is 1. The normalized spacial score (nSPS) is 14.6. The van der Waals surface area contributed by atoms with Gasteiger partial charge in [-0.3, -0.25) is 10.3 Å². The minimum atomic E-state index is -0.768. The second-order valence-electron chi connectivity index (χ2n) is 7.37. The Morgan fingerprint density at radius 1 is 1.38 bits per heavy atom. The fourth-order valence-electron chi connectivity index (χ4n) is 3.43. The van der Waals surface area contributed by atoms with Crippen LogP contribution in [0.15, 0.2) is 41.9 Å². The predicted octanol–water partition coefficient (Wildman–Crippen LogP) is 3.74. The van der Waals surface area contributed by atoms with Gasteiger partial charge in [-0.25, -0.2) is 14.2 Å². The van der Waals surface area contributed by atoms with Crippen LogP contribution in [0.3, 0.4) is 0 Å². The van der Waals surface area contributed by atoms with Gasteiger partial charge in [-0.15, -0.1) is 17.8 Å². The molecule has 0 aliphatic heterocycles. The summed E-state index contributed by atoms with van der Waals surface area (Å²) >= 11 is 1.22. The number of carbonyl (C=O) groups excluding carboxylic acids is 1. The fourth-order valence-corrected chi connectivity index (χ4v) is 3.98. The van der Waals surface area contributed by atoms with E-state index < -0.39 is 23.3 Å². The Balaban J connectivity index is 1.52. The predicted molar refractivity (Wildman–Crippen MR) is 118 cm³/mol. The van der Waals surface area contributed by atoms with Crippen molar-refractivity contribution >= 4 is 23.2 Å². The molecule has 1 aromatic carbocycles. The summed E-state index contributed by atoms with van der Waals surface area (Å²) < 4.78 is 13.9. The molecule has 2 aromatic heterocycles. The molecule has 1 aliphatic carbocycles. The number of carbonyl (C=O) groups is 1. The Morgan fingerprint density at radius 2 is 2.19 bits per heavy atom. The number of aliphatic hydroxyl groups excluding tert-OH is 1. The van der Waals surface area contributed by atoms with Crippen LogP contribution in [-0.2, 0) is 5.41 Å². The number of thiazole rings is 1. The van der Waals surface area contributed by atoms with Gasteiger partial charge in [0, 0.05) is 17.1 Å². The Morgan fingerprint density at radius 3 is 2.78 bits per heavy atom. The lowest BCUT2D eigenvalue weighted by molar-refractivity contribution is 0.224. The molecular weight excluding hydrogens is 429 g/mol. The van der Waals surface area contributed by atoms with Crippen LogP contribution in [0, 0.1) is 29.5 Å². The first-order valence-corrected chi connectivity index (χ1v) is 10.6. The van der Waals surface area contributed by atoms with Crippen molar-refractivity contribution < 1.29 is 14.3 Å². The van der Waals surface area contributed by atoms with Crippen LogP contribution in [0.5, 0.6) is 0 Å². The minimum Gasteiger partial charge on any atom is -0.394 e. The van der Waals surface area contributed by atoms with E-state index in [0.717, 1.165) is 18.4 Å². The highest BCUT2D eigenvalue weighted by Crippen LogP contribution is 2.50. The van der Waals surface area contributed by atoms with Crippen molar-refractivity contribution in [1.82, 2.24) is 15.3 Å². The molecule has 0 bridgehead atoms. The van der Waals surface area contributed by atoms with Crippen molar-refractivity contribution in [3.05, 3.63) is 64.0 Å². The summed E-state index contributed by atoms with van der Waals surface area (Å²) in [5.41, 5.74) is 1.89. The molecule has 1 fully saturated rings. The lowest BCUT2D eigenvalue weighted by Crippen LogP contribution is -2.34. The molecule has 7 nitrogen and oxygen atoms in total. The van der Waals surface area contributed by atoms with E-state index in [9.17, 15) is 19.6 Å². The summed E-state index contributed by atoms with van der Waals surface area (Å²) in [6, 6.07) is 8.80. The maximum absolute atomic E-state index is 13.9. The molecule has 1 unspecified atom stereocenters. The van der Waals surface area contributed by atoms with Crippen molar-refractivity contribution in [1.29, 1.82) is 5.26 Å². The monoisotopic (exact) mass is 447 g/mol. The Kier molecular flexibility index (Phi) is 5.87. The topological polar surface area (TPSA) is 111 Å². The van der Waals surface area contributed by atoms with E-state index in [1.807, 2.05) is 0 Å². The highest BCUT2D eigenvalue weighted by atomic mass is 32.1. The van der Waals surface area contributed by atoms with E-state index in [2.05, 4.69) is 32.6 Å². The quantitative estimate of drug-likeness (QED) is 0.499. The Labute approximate surface area is 188 Å². The van der Waals surface area contributed by atoms with Gasteiger partial charge < -0.3 is 10.4 Å². The third kappa shape index (κ3) is 4.30. The summed E-state index contributed by atoms with van der Waals surface area (Å²) in [5.74, 6) is 2.30. The first kappa shape index (κ1) is 21.4. The number of aliphatic hydroxyl groups is 1. The Bertz CT molecular complexity index is 1240. The van der Waals surface area contributed by atoms with Crippen molar-refractivity contribution in [3.8, 4) is 29.5 Å². The van der Waals surface area contributed by atoms with Crippen LogP contribution in [0.25, 0.3) is 11.1 Å². The average molecular weight is 447 g/mol. The van der Waals surface area contributed by atoms with Crippen molar-refractivity contribution in [2.75, 3.05) is 11.9 Å². The van der Waals surface area contributed by atoms with E-state index in [0.29, 0.717) is 27.6 Å². The summed E-state index contributed by atoms with van der Waals surface area (Å²) in [5, 5.41) is 26.5. The van der Waals surface area contributed by atoms with Crippen molar-refractivity contribution in [3.63, 3.8) is 0 Å². The van der Waals surface area contributed by atoms with Gasteiger partial charge in [0.25, 0.3) is 0 Å². The minimum absolute atomic E-state index is 0.311. The van der Waals surface area contributed by atoms with Crippen LogP contribution >= 0.6 is 11.3 Å². The summed E-state index contributed by atoms with van der Waals surface area (Å²) in [7, 11) is 0. The molecule has 4 rings (SSSR count). The number of urea groups is 1. The zero-order valence-corrected chi connectivity index (χ0v) is 17.6. The van der Waals surface area contributed by atoms with Gasteiger partial charge in [-0.2, -0.15) is 5.26 Å². The number of nitrogens with one attached hydrogen (secondary N) is 2. The van der Waals surface area contributed by atoms with Crippen molar-refractivity contribution in [2.45, 2.75) is 24.3 Å². The van der Waals surface area contributed by atoms with Gasteiger partial charge in [0.2, 0.25) is 0 Å². The highest BCUT2D eigenvalue weighted by molar-refractivity contribution is 7.10. The number of anilines is 1. The largest absolute Gasteiger partial charge is 0.394 e. The summed E-state index contributed by atoms with van der Waals surface area (Å²) in [4.78, 5) is 20.7. The van der Waals surface area contributed by atoms with Crippen LogP contribution in [0.1, 0.15) is 35.1 Å². The highest BCUT2D eigenvalue weighted by Gasteiger charge is 2.46. The molecule has 0 saturated heterocycles. The number of hydrogen-bond donors (Lipinski definition) is 3. The second-order valence-corrected chi connectivity index (χ2v) is 8.23. The number of terminal acetylenes is 1. The molecule has 160 valence electrons. The number of amides is 2. The van der Waals surface area contributed by atoms with E-state index >= 15 is 0 Å². The standard InChI is InChI=1S/C23H18FN5O2S/c1-2-21-28-20(12-32-21)29-22(31)27-19(11-30)18-6-3-14(10-26-18)16-9-15(24)4-5-17(16)23(13-25)7-8-23/h1,3-6,9-10,12,19,30H,7-8,11H2,(H2,27,29,31). The first-order valence-electron chi connectivity index (χ1n) is 9.76. The molecule has 0 spiro atoms. The SMILES string of the molecule is C#Cc1nc(NC(=O)NC(CO)c2ccc(-c3cc(F)ccc3C3(C#N)CC3)cn2)cs1. The molecule has 9 heteroatoms. The molecule has 2 amide bonds. The summed E-state index contributed by atoms with van der Waals surface area (Å²) in [6.45, 7) is -0.380. The molecule has 3 aromatic rings. The summed E-state index contributed by atoms with van der Waals surface area (Å²) in [6.07, 6.45) is 8.29. The maximum atomic E-state index is 13.9. The van der Waals surface area contributed by atoms with Gasteiger partial charge in [-0.05, 0) is 48.1 Å². The van der Waals surface area contributed by atoms with Crippen molar-refractivity contribution in [2.24, 2.45) is 0 Å². The number of nitriles is 1. The van der Waals surface area contributed by atoms with Gasteiger partial charge >= 0.3 is 6.03 Å². The molecule has 0 radical (unpaired) electrons. The van der Waals surface area contributed by atoms with Crippen LogP contribution in [0.2, 0.25) is 0 Å². The molecule has 2 heterocycles. The smallest absolute Gasteiger partial charge is 0.321 e. The molecule has 1 atom stereocenters. The molecule has 1 saturated carbocycles. The number of rotatable bonds is 6. The molecule has 1 aliphatic rings. The number of halogens is 1. The number of nitrogens with zero attached hydrogens (tertiary/aromatic N) is 3. The van der Waals surface area contributed by atoms with Gasteiger partial charge in [0.1, 0.15) is 11.6 Å². The zero-order chi connectivity index (χ0) is 22.7. The maximum Gasteiger partial charge on any atom is 0.321 e. The zero-order valence-electron chi connectivity index (χ0n) is 16.8. The average Bonchev–Trinajstić information content (AvgIpc) is 3.48. The fraction of sp³-hybridized carbons (Fsp3) is 0.217. The second kappa shape index (κ2) is 8.75. The number of hydrogen-bond acceptors (Lipinski definition) is 6. The van der Waals surface area contributed by atoms with E-state index in [1.54, 1.807) is 29.8 Å². The van der Waals surface area contributed by atoms with E-state index in [-0.39, 0.29) is 6.61 Å². The van der Waals surface area contributed by atoms with Gasteiger partial charge in [0.05, 0.1) is 29.8 Å². The molecule has 32 heavy (non-hydrogen) atoms. The van der Waals surface area contributed by atoms with Gasteiger partial charge in [-0.1, -0.05) is 12.1 Å². The van der Waals surface area contributed by atoms with Gasteiger partial charge in [0.15, 0.2) is 5.01 Å². The lowest BCUT2D eigenvalue weighted by Gasteiger charge is -2.17. The third-order valence-corrected chi connectivity index (χ3v) is 6.05. The molecule has 3 N–H and O–H groups in total. The first-order chi connectivity index (χ1) is 15.5. The molecular formula is C23H18FN5O2S. The van der Waals surface area contributed by atoms with E-state index in [1.165, 1.54) is 23.5 Å². The number of aromatic nitrogens is 2. The lowest BCUT2D eigenvalue weighted by atomic mass is 9.89.